The molecule has 0 unspecified atom stereocenters. The molecule has 1 aromatic carbocycles. The number of nitrogens with zero attached hydrogens (tertiary/aromatic N) is 2. The van der Waals surface area contributed by atoms with Gasteiger partial charge in [-0.25, -0.2) is 4.98 Å². The van der Waals surface area contributed by atoms with Gasteiger partial charge in [0.1, 0.15) is 10.6 Å². The third-order valence-electron chi connectivity index (χ3n) is 4.73. The molecule has 4 rings (SSSR count). The highest BCUT2D eigenvalue weighted by Gasteiger charge is 2.20. The van der Waals surface area contributed by atoms with Gasteiger partial charge in [0.05, 0.1) is 30.4 Å². The number of aryl methyl sites for hydroxylation is 2. The van der Waals surface area contributed by atoms with Crippen LogP contribution in [0.4, 0.5) is 0 Å². The summed E-state index contributed by atoms with van der Waals surface area (Å²) in [7, 11) is 1.52. The van der Waals surface area contributed by atoms with E-state index in [1.54, 1.807) is 29.5 Å². The van der Waals surface area contributed by atoms with Crippen LogP contribution < -0.4 is 10.3 Å². The van der Waals surface area contributed by atoms with E-state index in [4.69, 9.17) is 16.3 Å². The van der Waals surface area contributed by atoms with Crippen molar-refractivity contribution in [3.05, 3.63) is 55.9 Å². The van der Waals surface area contributed by atoms with Gasteiger partial charge in [0.2, 0.25) is 0 Å². The average Bonchev–Trinajstić information content (AvgIpc) is 3.03. The lowest BCUT2D eigenvalue weighted by Gasteiger charge is -2.10. The van der Waals surface area contributed by atoms with Gasteiger partial charge < -0.3 is 4.74 Å². The van der Waals surface area contributed by atoms with E-state index in [1.165, 1.54) is 22.9 Å². The molecule has 2 aromatic heterocycles. The van der Waals surface area contributed by atoms with Gasteiger partial charge in [-0.3, -0.25) is 14.2 Å². The highest BCUT2D eigenvalue weighted by molar-refractivity contribution is 7.18. The minimum absolute atomic E-state index is 0.0605. The number of halogens is 1. The number of hydrogen-bond acceptors (Lipinski definition) is 5. The number of methoxy groups -OCH3 is 1. The minimum Gasteiger partial charge on any atom is -0.495 e. The number of rotatable bonds is 4. The minimum atomic E-state index is -0.193. The molecule has 0 radical (unpaired) electrons. The molecule has 0 spiro atoms. The van der Waals surface area contributed by atoms with Gasteiger partial charge in [0.15, 0.2) is 5.78 Å². The van der Waals surface area contributed by atoms with E-state index in [1.807, 2.05) is 0 Å². The first-order valence-electron chi connectivity index (χ1n) is 8.45. The van der Waals surface area contributed by atoms with Gasteiger partial charge in [-0.2, -0.15) is 0 Å². The largest absolute Gasteiger partial charge is 0.495 e. The van der Waals surface area contributed by atoms with Crippen molar-refractivity contribution in [2.24, 2.45) is 0 Å². The first-order chi connectivity index (χ1) is 12.6. The summed E-state index contributed by atoms with van der Waals surface area (Å²) in [4.78, 5) is 32.0. The molecule has 134 valence electrons. The molecule has 0 saturated carbocycles. The second-order valence-electron chi connectivity index (χ2n) is 6.34. The lowest BCUT2D eigenvalue weighted by Crippen LogP contribution is -2.25. The molecule has 5 nitrogen and oxygen atoms in total. The number of ether oxygens (including phenoxy) is 1. The maximum Gasteiger partial charge on any atom is 0.262 e. The molecule has 0 bridgehead atoms. The third-order valence-corrected chi connectivity index (χ3v) is 6.22. The zero-order chi connectivity index (χ0) is 18.3. The van der Waals surface area contributed by atoms with E-state index in [0.717, 1.165) is 36.1 Å². The Kier molecular flexibility index (Phi) is 4.54. The molecule has 7 heteroatoms. The third kappa shape index (κ3) is 2.93. The SMILES string of the molecule is COc1ccc(C(=O)Cn2cnc3sc4c(c3c2=O)CCCC4)cc1Cl. The summed E-state index contributed by atoms with van der Waals surface area (Å²) in [6, 6.07) is 4.86. The van der Waals surface area contributed by atoms with Gasteiger partial charge in [-0.15, -0.1) is 11.3 Å². The van der Waals surface area contributed by atoms with Crippen molar-refractivity contribution in [1.82, 2.24) is 9.55 Å². The van der Waals surface area contributed by atoms with Gasteiger partial charge in [0.25, 0.3) is 5.56 Å². The van der Waals surface area contributed by atoms with Crippen molar-refractivity contribution in [2.45, 2.75) is 32.2 Å². The number of carbonyl (C=O) groups excluding carboxylic acids is 1. The summed E-state index contributed by atoms with van der Waals surface area (Å²) in [5, 5.41) is 1.05. The monoisotopic (exact) mass is 388 g/mol. The Morgan fingerprint density at radius 3 is 2.92 bits per heavy atom. The van der Waals surface area contributed by atoms with Crippen LogP contribution in [-0.4, -0.2) is 22.4 Å². The van der Waals surface area contributed by atoms with Crippen molar-refractivity contribution in [3.63, 3.8) is 0 Å². The molecule has 0 fully saturated rings. The maximum atomic E-state index is 12.9. The van der Waals surface area contributed by atoms with E-state index >= 15 is 0 Å². The highest BCUT2D eigenvalue weighted by Crippen LogP contribution is 2.33. The molecule has 0 aliphatic heterocycles. The molecular weight excluding hydrogens is 372 g/mol. The van der Waals surface area contributed by atoms with Crippen molar-refractivity contribution >= 4 is 38.9 Å². The smallest absolute Gasteiger partial charge is 0.262 e. The van der Waals surface area contributed by atoms with E-state index in [0.29, 0.717) is 21.7 Å². The Balaban J connectivity index is 1.69. The van der Waals surface area contributed by atoms with Crippen molar-refractivity contribution < 1.29 is 9.53 Å². The summed E-state index contributed by atoms with van der Waals surface area (Å²) in [5.74, 6) is 0.315. The zero-order valence-electron chi connectivity index (χ0n) is 14.3. The first kappa shape index (κ1) is 17.2. The summed E-state index contributed by atoms with van der Waals surface area (Å²) < 4.78 is 6.50. The first-order valence-corrected chi connectivity index (χ1v) is 9.64. The van der Waals surface area contributed by atoms with Gasteiger partial charge >= 0.3 is 0 Å². The van der Waals surface area contributed by atoms with Crippen LogP contribution in [0, 0.1) is 0 Å². The van der Waals surface area contributed by atoms with E-state index in [-0.39, 0.29) is 17.9 Å². The lowest BCUT2D eigenvalue weighted by atomic mass is 9.97. The number of thiophene rings is 1. The number of carbonyl (C=O) groups is 1. The molecule has 3 aromatic rings. The summed E-state index contributed by atoms with van der Waals surface area (Å²) >= 11 is 7.70. The Labute approximate surface area is 159 Å². The summed E-state index contributed by atoms with van der Waals surface area (Å²) in [5.41, 5.74) is 1.43. The molecule has 26 heavy (non-hydrogen) atoms. The van der Waals surface area contributed by atoms with Gasteiger partial charge in [0, 0.05) is 10.4 Å². The molecule has 1 aliphatic rings. The number of fused-ring (bicyclic) bond motifs is 3. The maximum absolute atomic E-state index is 12.9. The molecule has 0 N–H and O–H groups in total. The Morgan fingerprint density at radius 2 is 2.15 bits per heavy atom. The van der Waals surface area contributed by atoms with Gasteiger partial charge in [-0.1, -0.05) is 11.6 Å². The second kappa shape index (κ2) is 6.85. The average molecular weight is 389 g/mol. The zero-order valence-corrected chi connectivity index (χ0v) is 15.8. The molecule has 0 amide bonds. The lowest BCUT2D eigenvalue weighted by molar-refractivity contribution is 0.0970. The molecular formula is C19H17ClN2O3S. The van der Waals surface area contributed by atoms with Crippen LogP contribution in [-0.2, 0) is 19.4 Å². The van der Waals surface area contributed by atoms with E-state index in [9.17, 15) is 9.59 Å². The number of benzene rings is 1. The van der Waals surface area contributed by atoms with Crippen LogP contribution in [0.3, 0.4) is 0 Å². The second-order valence-corrected chi connectivity index (χ2v) is 7.83. The van der Waals surface area contributed by atoms with Crippen molar-refractivity contribution in [3.8, 4) is 5.75 Å². The summed E-state index contributed by atoms with van der Waals surface area (Å²) in [6.45, 7) is -0.0605. The fourth-order valence-corrected chi connectivity index (χ4v) is 4.86. The predicted molar refractivity (Wildman–Crippen MR) is 103 cm³/mol. The van der Waals surface area contributed by atoms with Gasteiger partial charge in [-0.05, 0) is 49.4 Å². The Morgan fingerprint density at radius 1 is 1.35 bits per heavy atom. The van der Waals surface area contributed by atoms with E-state index < -0.39 is 0 Å². The Hall–Kier alpha value is -2.18. The summed E-state index contributed by atoms with van der Waals surface area (Å²) in [6.07, 6.45) is 5.65. The predicted octanol–water partition coefficient (Wildman–Crippen LogP) is 3.88. The molecule has 0 atom stereocenters. The van der Waals surface area contributed by atoms with Crippen LogP contribution in [0.2, 0.25) is 5.02 Å². The molecule has 2 heterocycles. The normalized spacial score (nSPS) is 13.6. The van der Waals surface area contributed by atoms with Crippen molar-refractivity contribution in [2.75, 3.05) is 7.11 Å². The number of Topliss-reactive ketones (excluding diaryl/α,β-unsaturated/α-hetero) is 1. The fourth-order valence-electron chi connectivity index (χ4n) is 3.38. The quantitative estimate of drug-likeness (QED) is 0.636. The van der Waals surface area contributed by atoms with Crippen LogP contribution in [0.15, 0.2) is 29.3 Å². The Bertz CT molecular complexity index is 1070. The highest BCUT2D eigenvalue weighted by atomic mass is 35.5. The standard InChI is InChI=1S/C19H17ClN2O3S/c1-25-15-7-6-11(8-13(15)20)14(23)9-22-10-21-18-17(19(22)24)12-4-2-3-5-16(12)26-18/h6-8,10H,2-5,9H2,1H3. The van der Waals surface area contributed by atoms with Crippen molar-refractivity contribution in [1.29, 1.82) is 0 Å². The number of aromatic nitrogens is 2. The van der Waals surface area contributed by atoms with E-state index in [2.05, 4.69) is 4.98 Å². The van der Waals surface area contributed by atoms with Crippen LogP contribution in [0.5, 0.6) is 5.75 Å². The number of hydrogen-bond donors (Lipinski definition) is 0. The topological polar surface area (TPSA) is 61.2 Å². The molecule has 1 aliphatic carbocycles. The number of ketones is 1. The van der Waals surface area contributed by atoms with Crippen LogP contribution >= 0.6 is 22.9 Å². The van der Waals surface area contributed by atoms with Crippen LogP contribution in [0.1, 0.15) is 33.6 Å². The fraction of sp³-hybridized carbons (Fsp3) is 0.316. The van der Waals surface area contributed by atoms with Crippen LogP contribution in [0.25, 0.3) is 10.2 Å². The molecule has 0 saturated heterocycles.